The van der Waals surface area contributed by atoms with Crippen molar-refractivity contribution in [3.63, 3.8) is 0 Å². The molecule has 0 aliphatic carbocycles. The molecule has 0 aromatic heterocycles. The average Bonchev–Trinajstić information content (AvgIpc) is 2.90. The molecule has 3 rings (SSSR count). The van der Waals surface area contributed by atoms with Gasteiger partial charge in [0.25, 0.3) is 0 Å². The zero-order valence-corrected chi connectivity index (χ0v) is 16.2. The van der Waals surface area contributed by atoms with Crippen LogP contribution in [0.15, 0.2) is 42.5 Å². The molecular formula is C21H25N3O4. The van der Waals surface area contributed by atoms with E-state index in [1.54, 1.807) is 18.1 Å². The third kappa shape index (κ3) is 4.94. The molecule has 2 aromatic carbocycles. The van der Waals surface area contributed by atoms with Gasteiger partial charge in [-0.05, 0) is 42.8 Å². The first-order valence-corrected chi connectivity index (χ1v) is 9.30. The van der Waals surface area contributed by atoms with E-state index in [4.69, 9.17) is 9.47 Å². The van der Waals surface area contributed by atoms with Crippen LogP contribution < -0.4 is 20.1 Å². The van der Waals surface area contributed by atoms with Gasteiger partial charge in [-0.3, -0.25) is 4.79 Å². The first-order valence-electron chi connectivity index (χ1n) is 9.30. The van der Waals surface area contributed by atoms with Crippen molar-refractivity contribution in [2.45, 2.75) is 19.9 Å². The number of nitrogens with zero attached hydrogens (tertiary/aromatic N) is 1. The third-order valence-electron chi connectivity index (χ3n) is 4.48. The largest absolute Gasteiger partial charge is 0.497 e. The highest BCUT2D eigenvalue weighted by atomic mass is 16.5. The minimum absolute atomic E-state index is 0.0202. The lowest BCUT2D eigenvalue weighted by molar-refractivity contribution is -0.131. The second kappa shape index (κ2) is 9.12. The molecule has 7 nitrogen and oxygen atoms in total. The standard InChI is InChI=1S/C21H25N3O4/c1-3-22-21(26)23-17-7-8-19-16(13-17)14-24(9-10-28-19)20(25)12-15-5-4-6-18(11-15)27-2/h4-8,11,13H,3,9-10,12,14H2,1-2H3,(H2,22,23,26). The molecule has 1 aliphatic heterocycles. The van der Waals surface area contributed by atoms with Crippen molar-refractivity contribution >= 4 is 17.6 Å². The fraction of sp³-hybridized carbons (Fsp3) is 0.333. The van der Waals surface area contributed by atoms with Crippen molar-refractivity contribution in [3.05, 3.63) is 53.6 Å². The van der Waals surface area contributed by atoms with E-state index in [9.17, 15) is 9.59 Å². The normalized spacial score (nSPS) is 13.0. The zero-order chi connectivity index (χ0) is 19.9. The molecule has 0 bridgehead atoms. The molecule has 0 fully saturated rings. The quantitative estimate of drug-likeness (QED) is 0.832. The Kier molecular flexibility index (Phi) is 6.37. The van der Waals surface area contributed by atoms with E-state index in [1.165, 1.54) is 0 Å². The summed E-state index contributed by atoms with van der Waals surface area (Å²) < 4.78 is 11.0. The fourth-order valence-corrected chi connectivity index (χ4v) is 3.09. The Bertz CT molecular complexity index is 853. The number of hydrogen-bond acceptors (Lipinski definition) is 4. The van der Waals surface area contributed by atoms with E-state index in [-0.39, 0.29) is 11.9 Å². The Morgan fingerprint density at radius 1 is 1.21 bits per heavy atom. The second-order valence-electron chi connectivity index (χ2n) is 6.50. The molecule has 0 atom stereocenters. The lowest BCUT2D eigenvalue weighted by Gasteiger charge is -2.20. The van der Waals surface area contributed by atoms with Crippen molar-refractivity contribution in [3.8, 4) is 11.5 Å². The number of urea groups is 1. The van der Waals surface area contributed by atoms with E-state index in [0.29, 0.717) is 38.3 Å². The van der Waals surface area contributed by atoms with Crippen LogP contribution in [0.2, 0.25) is 0 Å². The maximum Gasteiger partial charge on any atom is 0.319 e. The van der Waals surface area contributed by atoms with Gasteiger partial charge in [-0.2, -0.15) is 0 Å². The number of fused-ring (bicyclic) bond motifs is 1. The molecule has 2 N–H and O–H groups in total. The van der Waals surface area contributed by atoms with Crippen molar-refractivity contribution in [1.82, 2.24) is 10.2 Å². The lowest BCUT2D eigenvalue weighted by Crippen LogP contribution is -2.33. The maximum absolute atomic E-state index is 12.8. The van der Waals surface area contributed by atoms with Crippen LogP contribution in [0.25, 0.3) is 0 Å². The number of anilines is 1. The Balaban J connectivity index is 1.71. The molecule has 0 saturated carbocycles. The predicted molar refractivity (Wildman–Crippen MR) is 107 cm³/mol. The summed E-state index contributed by atoms with van der Waals surface area (Å²) in [4.78, 5) is 26.4. The fourth-order valence-electron chi connectivity index (χ4n) is 3.09. The molecule has 148 valence electrons. The smallest absolute Gasteiger partial charge is 0.319 e. The van der Waals surface area contributed by atoms with Gasteiger partial charge in [0.05, 0.1) is 20.1 Å². The number of methoxy groups -OCH3 is 1. The van der Waals surface area contributed by atoms with E-state index in [0.717, 1.165) is 22.6 Å². The first-order chi connectivity index (χ1) is 13.6. The highest BCUT2D eigenvalue weighted by Gasteiger charge is 2.20. The van der Waals surface area contributed by atoms with Crippen LogP contribution in [0.5, 0.6) is 11.5 Å². The number of benzene rings is 2. The summed E-state index contributed by atoms with van der Waals surface area (Å²) in [6, 6.07) is 12.7. The van der Waals surface area contributed by atoms with Gasteiger partial charge >= 0.3 is 6.03 Å². The van der Waals surface area contributed by atoms with Gasteiger partial charge in [0.2, 0.25) is 5.91 Å². The summed E-state index contributed by atoms with van der Waals surface area (Å²) in [7, 11) is 1.61. The summed E-state index contributed by atoms with van der Waals surface area (Å²) in [5.41, 5.74) is 2.43. The topological polar surface area (TPSA) is 79.9 Å². The molecule has 1 heterocycles. The Morgan fingerprint density at radius 3 is 2.86 bits per heavy atom. The van der Waals surface area contributed by atoms with Gasteiger partial charge in [-0.1, -0.05) is 12.1 Å². The number of ether oxygens (including phenoxy) is 2. The summed E-state index contributed by atoms with van der Waals surface area (Å²) >= 11 is 0. The van der Waals surface area contributed by atoms with E-state index in [2.05, 4.69) is 10.6 Å². The average molecular weight is 383 g/mol. The van der Waals surface area contributed by atoms with Crippen LogP contribution in [-0.2, 0) is 17.8 Å². The first kappa shape index (κ1) is 19.5. The van der Waals surface area contributed by atoms with Crippen LogP contribution in [0.1, 0.15) is 18.1 Å². The molecule has 0 radical (unpaired) electrons. The van der Waals surface area contributed by atoms with Crippen molar-refractivity contribution in [2.75, 3.05) is 32.1 Å². The van der Waals surface area contributed by atoms with Gasteiger partial charge in [0.15, 0.2) is 0 Å². The summed E-state index contributed by atoms with van der Waals surface area (Å²) in [5.74, 6) is 1.49. The highest BCUT2D eigenvalue weighted by molar-refractivity contribution is 5.89. The van der Waals surface area contributed by atoms with Gasteiger partial charge < -0.3 is 25.0 Å². The SMILES string of the molecule is CCNC(=O)Nc1ccc2c(c1)CN(C(=O)Cc1cccc(OC)c1)CCO2. The number of nitrogens with one attached hydrogen (secondary N) is 2. The highest BCUT2D eigenvalue weighted by Crippen LogP contribution is 2.27. The molecule has 1 aliphatic rings. The van der Waals surface area contributed by atoms with E-state index in [1.807, 2.05) is 43.3 Å². The number of rotatable bonds is 5. The molecule has 2 aromatic rings. The van der Waals surface area contributed by atoms with Gasteiger partial charge in [0.1, 0.15) is 18.1 Å². The van der Waals surface area contributed by atoms with Crippen molar-refractivity contribution < 1.29 is 19.1 Å². The van der Waals surface area contributed by atoms with Crippen LogP contribution in [0.4, 0.5) is 10.5 Å². The summed E-state index contributed by atoms with van der Waals surface area (Å²) in [6.45, 7) is 3.78. The minimum Gasteiger partial charge on any atom is -0.497 e. The number of hydrogen-bond donors (Lipinski definition) is 2. The maximum atomic E-state index is 12.8. The van der Waals surface area contributed by atoms with Crippen molar-refractivity contribution in [1.29, 1.82) is 0 Å². The van der Waals surface area contributed by atoms with Crippen molar-refractivity contribution in [2.24, 2.45) is 0 Å². The van der Waals surface area contributed by atoms with Crippen LogP contribution in [-0.4, -0.2) is 43.6 Å². The van der Waals surface area contributed by atoms with E-state index < -0.39 is 0 Å². The van der Waals surface area contributed by atoms with Crippen LogP contribution in [0.3, 0.4) is 0 Å². The number of amides is 3. The molecule has 3 amide bonds. The Hall–Kier alpha value is -3.22. The molecule has 0 unspecified atom stereocenters. The van der Waals surface area contributed by atoms with Gasteiger partial charge in [-0.15, -0.1) is 0 Å². The molecule has 28 heavy (non-hydrogen) atoms. The summed E-state index contributed by atoms with van der Waals surface area (Å²) in [6.07, 6.45) is 0.295. The van der Waals surface area contributed by atoms with E-state index >= 15 is 0 Å². The zero-order valence-electron chi connectivity index (χ0n) is 16.2. The van der Waals surface area contributed by atoms with Crippen LogP contribution >= 0.6 is 0 Å². The Labute approximate surface area is 164 Å². The Morgan fingerprint density at radius 2 is 2.07 bits per heavy atom. The summed E-state index contributed by atoms with van der Waals surface area (Å²) in [5, 5.41) is 5.48. The minimum atomic E-state index is -0.261. The predicted octanol–water partition coefficient (Wildman–Crippen LogP) is 2.80. The molecular weight excluding hydrogens is 358 g/mol. The molecule has 0 saturated heterocycles. The lowest BCUT2D eigenvalue weighted by atomic mass is 10.1. The number of carbonyl (C=O) groups excluding carboxylic acids is 2. The van der Waals surface area contributed by atoms with Gasteiger partial charge in [0, 0.05) is 24.3 Å². The monoisotopic (exact) mass is 383 g/mol. The molecule has 0 spiro atoms. The third-order valence-corrected chi connectivity index (χ3v) is 4.48. The molecule has 7 heteroatoms. The number of carbonyl (C=O) groups is 2. The van der Waals surface area contributed by atoms with Crippen LogP contribution in [0, 0.1) is 0 Å². The second-order valence-corrected chi connectivity index (χ2v) is 6.50. The van der Waals surface area contributed by atoms with Gasteiger partial charge in [-0.25, -0.2) is 4.79 Å².